The van der Waals surface area contributed by atoms with E-state index in [1.165, 1.54) is 12.1 Å². The maximum Gasteiger partial charge on any atom is 0.234 e. The van der Waals surface area contributed by atoms with Gasteiger partial charge in [-0.1, -0.05) is 66.2 Å². The highest BCUT2D eigenvalue weighted by atomic mass is 19.1. The summed E-state index contributed by atoms with van der Waals surface area (Å²) in [6, 6.07) is 20.6. The molecule has 0 aliphatic rings. The topological polar surface area (TPSA) is 41.1 Å². The Balaban J connectivity index is 1.68. The van der Waals surface area contributed by atoms with Gasteiger partial charge in [-0.15, -0.1) is 0 Å². The molecule has 3 aromatic carbocycles. The Bertz CT molecular complexity index is 958. The summed E-state index contributed by atoms with van der Waals surface area (Å²) in [6.07, 6.45) is 0. The molecule has 29 heavy (non-hydrogen) atoms. The van der Waals surface area contributed by atoms with Gasteiger partial charge in [-0.05, 0) is 31.0 Å². The molecule has 1 amide bonds. The van der Waals surface area contributed by atoms with Gasteiger partial charge in [0.25, 0.3) is 0 Å². The van der Waals surface area contributed by atoms with Crippen LogP contribution in [-0.4, -0.2) is 12.5 Å². The van der Waals surface area contributed by atoms with Gasteiger partial charge in [-0.2, -0.15) is 0 Å². The Kier molecular flexibility index (Phi) is 6.73. The molecule has 0 heterocycles. The Labute approximate surface area is 169 Å². The smallest absolute Gasteiger partial charge is 0.234 e. The minimum absolute atomic E-state index is 0.0561. The van der Waals surface area contributed by atoms with Gasteiger partial charge in [0.15, 0.2) is 0 Å². The molecule has 0 aliphatic heterocycles. The normalized spacial score (nSPS) is 13.0. The fourth-order valence-corrected chi connectivity index (χ4v) is 3.25. The van der Waals surface area contributed by atoms with Gasteiger partial charge in [-0.25, -0.2) is 8.78 Å². The number of hydrogen-bond donors (Lipinski definition) is 2. The van der Waals surface area contributed by atoms with E-state index in [4.69, 9.17) is 0 Å². The number of carbonyl (C=O) groups is 1. The van der Waals surface area contributed by atoms with Gasteiger partial charge >= 0.3 is 0 Å². The fourth-order valence-electron chi connectivity index (χ4n) is 3.25. The van der Waals surface area contributed by atoms with E-state index >= 15 is 0 Å². The van der Waals surface area contributed by atoms with Crippen molar-refractivity contribution in [2.24, 2.45) is 0 Å². The molecule has 0 bridgehead atoms. The average molecular weight is 394 g/mol. The summed E-state index contributed by atoms with van der Waals surface area (Å²) in [7, 11) is 0. The van der Waals surface area contributed by atoms with Gasteiger partial charge in [-0.3, -0.25) is 10.1 Å². The molecule has 3 aromatic rings. The summed E-state index contributed by atoms with van der Waals surface area (Å²) >= 11 is 0. The number of nitrogens with one attached hydrogen (secondary N) is 2. The molecule has 5 heteroatoms. The predicted octanol–water partition coefficient (Wildman–Crippen LogP) is 4.83. The fraction of sp³-hybridized carbons (Fsp3) is 0.208. The Morgan fingerprint density at radius 2 is 1.59 bits per heavy atom. The van der Waals surface area contributed by atoms with Crippen LogP contribution in [0.3, 0.4) is 0 Å². The highest BCUT2D eigenvalue weighted by Crippen LogP contribution is 2.22. The van der Waals surface area contributed by atoms with Crippen LogP contribution >= 0.6 is 0 Å². The lowest BCUT2D eigenvalue weighted by Crippen LogP contribution is -2.37. The first-order chi connectivity index (χ1) is 13.9. The van der Waals surface area contributed by atoms with Crippen molar-refractivity contribution in [3.8, 4) is 0 Å². The van der Waals surface area contributed by atoms with Crippen LogP contribution in [0.25, 0.3) is 0 Å². The van der Waals surface area contributed by atoms with Crippen LogP contribution in [0.15, 0.2) is 72.8 Å². The molecule has 2 atom stereocenters. The monoisotopic (exact) mass is 394 g/mol. The van der Waals surface area contributed by atoms with Crippen molar-refractivity contribution in [1.29, 1.82) is 0 Å². The first kappa shape index (κ1) is 20.7. The van der Waals surface area contributed by atoms with E-state index in [0.717, 1.165) is 22.8 Å². The van der Waals surface area contributed by atoms with Gasteiger partial charge < -0.3 is 5.32 Å². The quantitative estimate of drug-likeness (QED) is 0.603. The van der Waals surface area contributed by atoms with E-state index in [2.05, 4.69) is 10.6 Å². The lowest BCUT2D eigenvalue weighted by Gasteiger charge is -2.21. The molecule has 0 saturated carbocycles. The van der Waals surface area contributed by atoms with Crippen molar-refractivity contribution >= 4 is 5.91 Å². The first-order valence-electron chi connectivity index (χ1n) is 9.53. The largest absolute Gasteiger partial charge is 0.348 e. The second kappa shape index (κ2) is 9.43. The highest BCUT2D eigenvalue weighted by molar-refractivity contribution is 5.78. The van der Waals surface area contributed by atoms with E-state index in [1.54, 1.807) is 6.92 Å². The molecule has 0 saturated heterocycles. The molecule has 0 spiro atoms. The second-order valence-corrected chi connectivity index (χ2v) is 7.09. The maximum absolute atomic E-state index is 13.9. The van der Waals surface area contributed by atoms with Crippen molar-refractivity contribution in [3.05, 3.63) is 107 Å². The molecule has 3 rings (SSSR count). The zero-order chi connectivity index (χ0) is 20.8. The number of halogens is 2. The Morgan fingerprint density at radius 1 is 0.931 bits per heavy atom. The summed E-state index contributed by atoms with van der Waals surface area (Å²) in [6.45, 7) is 3.75. The maximum atomic E-state index is 13.9. The van der Waals surface area contributed by atoms with Crippen LogP contribution in [0, 0.1) is 18.6 Å². The third-order valence-corrected chi connectivity index (χ3v) is 4.82. The highest BCUT2D eigenvalue weighted by Gasteiger charge is 2.17. The first-order valence-corrected chi connectivity index (χ1v) is 9.53. The zero-order valence-electron chi connectivity index (χ0n) is 16.5. The van der Waals surface area contributed by atoms with E-state index in [-0.39, 0.29) is 24.1 Å². The SMILES string of the molecule is Cc1ccc([C@@H](NCC(=O)N[C@@H](C)c2ccc(F)cc2F)c2ccccc2)cc1. The summed E-state index contributed by atoms with van der Waals surface area (Å²) in [5.41, 5.74) is 3.50. The minimum atomic E-state index is -0.674. The van der Waals surface area contributed by atoms with Crippen molar-refractivity contribution < 1.29 is 13.6 Å². The Hall–Kier alpha value is -3.05. The molecule has 150 valence electrons. The standard InChI is InChI=1S/C24H24F2N2O/c1-16-8-10-19(11-9-16)24(18-6-4-3-5-7-18)27-15-23(29)28-17(2)21-13-12-20(25)14-22(21)26/h3-14,17,24,27H,15H2,1-2H3,(H,28,29)/t17-,24-/m0/s1. The number of benzene rings is 3. The molecule has 0 radical (unpaired) electrons. The van der Waals surface area contributed by atoms with Gasteiger partial charge in [0, 0.05) is 11.6 Å². The number of rotatable bonds is 7. The molecular weight excluding hydrogens is 370 g/mol. The molecule has 2 N–H and O–H groups in total. The molecule has 0 aromatic heterocycles. The third kappa shape index (κ3) is 5.48. The van der Waals surface area contributed by atoms with Crippen molar-refractivity contribution in [3.63, 3.8) is 0 Å². The van der Waals surface area contributed by atoms with E-state index < -0.39 is 17.7 Å². The lowest BCUT2D eigenvalue weighted by atomic mass is 9.98. The molecule has 3 nitrogen and oxygen atoms in total. The van der Waals surface area contributed by atoms with Crippen molar-refractivity contribution in [2.75, 3.05) is 6.54 Å². The van der Waals surface area contributed by atoms with E-state index in [0.29, 0.717) is 0 Å². The number of amides is 1. The number of carbonyl (C=O) groups excluding carboxylic acids is 1. The molecule has 0 unspecified atom stereocenters. The van der Waals surface area contributed by atoms with Crippen LogP contribution in [-0.2, 0) is 4.79 Å². The van der Waals surface area contributed by atoms with E-state index in [1.807, 2.05) is 61.5 Å². The van der Waals surface area contributed by atoms with Crippen molar-refractivity contribution in [2.45, 2.75) is 25.9 Å². The average Bonchev–Trinajstić information content (AvgIpc) is 2.70. The summed E-state index contributed by atoms with van der Waals surface area (Å²) < 4.78 is 27.0. The number of aryl methyl sites for hydroxylation is 1. The van der Waals surface area contributed by atoms with Gasteiger partial charge in [0.1, 0.15) is 11.6 Å². The van der Waals surface area contributed by atoms with Crippen LogP contribution in [0.2, 0.25) is 0 Å². The van der Waals surface area contributed by atoms with Crippen LogP contribution in [0.5, 0.6) is 0 Å². The second-order valence-electron chi connectivity index (χ2n) is 7.09. The molecular formula is C24H24F2N2O. The van der Waals surface area contributed by atoms with Crippen LogP contribution in [0.4, 0.5) is 8.78 Å². The summed E-state index contributed by atoms with van der Waals surface area (Å²) in [4.78, 5) is 12.5. The van der Waals surface area contributed by atoms with Gasteiger partial charge in [0.2, 0.25) is 5.91 Å². The van der Waals surface area contributed by atoms with Gasteiger partial charge in [0.05, 0.1) is 18.6 Å². The lowest BCUT2D eigenvalue weighted by molar-refractivity contribution is -0.121. The van der Waals surface area contributed by atoms with Crippen molar-refractivity contribution in [1.82, 2.24) is 10.6 Å². The zero-order valence-corrected chi connectivity index (χ0v) is 16.5. The predicted molar refractivity (Wildman–Crippen MR) is 110 cm³/mol. The minimum Gasteiger partial charge on any atom is -0.348 e. The van der Waals surface area contributed by atoms with Crippen LogP contribution < -0.4 is 10.6 Å². The summed E-state index contributed by atoms with van der Waals surface area (Å²) in [5.74, 6) is -1.59. The molecule has 0 fully saturated rings. The van der Waals surface area contributed by atoms with E-state index in [9.17, 15) is 13.6 Å². The van der Waals surface area contributed by atoms with Crippen LogP contribution in [0.1, 0.15) is 41.3 Å². The number of hydrogen-bond acceptors (Lipinski definition) is 2. The Morgan fingerprint density at radius 3 is 2.24 bits per heavy atom. The summed E-state index contributed by atoms with van der Waals surface area (Å²) in [5, 5.41) is 6.05. The third-order valence-electron chi connectivity index (χ3n) is 4.82. The molecule has 0 aliphatic carbocycles.